The molecular formula is C21H17N9O4S. The van der Waals surface area contributed by atoms with Crippen molar-refractivity contribution in [2.24, 2.45) is 0 Å². The molecule has 1 unspecified atom stereocenters. The number of nitrogen functional groups attached to an aromatic ring is 1. The number of hydrogen-bond donors (Lipinski definition) is 3. The molecule has 35 heavy (non-hydrogen) atoms. The fraction of sp³-hybridized carbons (Fsp3) is 0.190. The third-order valence-corrected chi connectivity index (χ3v) is 6.64. The zero-order valence-electron chi connectivity index (χ0n) is 17.9. The molecule has 2 atom stereocenters. The van der Waals surface area contributed by atoms with Gasteiger partial charge in [0, 0.05) is 17.6 Å². The summed E-state index contributed by atoms with van der Waals surface area (Å²) in [6.07, 6.45) is 1.99. The molecule has 0 bridgehead atoms. The molecule has 14 heteroatoms. The second kappa shape index (κ2) is 8.19. The lowest BCUT2D eigenvalue weighted by molar-refractivity contribution is -0.143. The van der Waals surface area contributed by atoms with Crippen LogP contribution in [0.3, 0.4) is 0 Å². The number of aliphatic hydroxyl groups excluding tert-OH is 1. The Morgan fingerprint density at radius 3 is 2.94 bits per heavy atom. The van der Waals surface area contributed by atoms with Gasteiger partial charge in [0.1, 0.15) is 17.7 Å². The van der Waals surface area contributed by atoms with Gasteiger partial charge < -0.3 is 20.6 Å². The molecule has 1 saturated heterocycles. The highest BCUT2D eigenvalue weighted by Gasteiger charge is 2.38. The first-order valence-corrected chi connectivity index (χ1v) is 11.3. The van der Waals surface area contributed by atoms with Crippen molar-refractivity contribution in [3.63, 3.8) is 0 Å². The lowest BCUT2D eigenvalue weighted by atomic mass is 10.1. The molecule has 0 radical (unpaired) electrons. The van der Waals surface area contributed by atoms with Gasteiger partial charge in [-0.15, -0.1) is 5.10 Å². The summed E-state index contributed by atoms with van der Waals surface area (Å²) in [5.41, 5.74) is 6.42. The van der Waals surface area contributed by atoms with Crippen LogP contribution in [0.25, 0.3) is 26.7 Å². The smallest absolute Gasteiger partial charge is 0.282 e. The molecule has 1 aromatic carbocycles. The first-order chi connectivity index (χ1) is 17.0. The minimum atomic E-state index is -1.50. The van der Waals surface area contributed by atoms with Crippen molar-refractivity contribution in [2.45, 2.75) is 12.2 Å². The van der Waals surface area contributed by atoms with E-state index in [1.165, 1.54) is 11.1 Å². The Morgan fingerprint density at radius 1 is 1.23 bits per heavy atom. The molecule has 6 rings (SSSR count). The Labute approximate surface area is 200 Å². The number of benzene rings is 1. The summed E-state index contributed by atoms with van der Waals surface area (Å²) in [4.78, 5) is 34.5. The number of nitrogens with zero attached hydrogens (tertiary/aromatic N) is 7. The van der Waals surface area contributed by atoms with E-state index in [-0.39, 0.29) is 19.0 Å². The van der Waals surface area contributed by atoms with Crippen LogP contribution in [-0.4, -0.2) is 64.6 Å². The van der Waals surface area contributed by atoms with E-state index in [9.17, 15) is 14.7 Å². The van der Waals surface area contributed by atoms with E-state index in [4.69, 9.17) is 10.5 Å². The molecule has 1 aliphatic heterocycles. The summed E-state index contributed by atoms with van der Waals surface area (Å²) in [5.74, 6) is 0.139. The van der Waals surface area contributed by atoms with Crippen molar-refractivity contribution < 1.29 is 14.6 Å². The van der Waals surface area contributed by atoms with Gasteiger partial charge in [-0.05, 0) is 29.7 Å². The van der Waals surface area contributed by atoms with Crippen LogP contribution >= 0.6 is 11.5 Å². The van der Waals surface area contributed by atoms with Crippen LogP contribution in [0.2, 0.25) is 0 Å². The topological polar surface area (TPSA) is 178 Å². The molecule has 0 saturated carbocycles. The minimum absolute atomic E-state index is 0.0760. The molecule has 5 aromatic rings. The van der Waals surface area contributed by atoms with Crippen LogP contribution in [-0.2, 0) is 9.53 Å². The molecule has 4 aromatic heterocycles. The first-order valence-electron chi connectivity index (χ1n) is 10.5. The predicted molar refractivity (Wildman–Crippen MR) is 126 cm³/mol. The number of H-pyrrole nitrogens is 1. The minimum Gasteiger partial charge on any atom is -0.382 e. The van der Waals surface area contributed by atoms with Crippen LogP contribution in [0.1, 0.15) is 11.9 Å². The van der Waals surface area contributed by atoms with Crippen LogP contribution in [0, 0.1) is 0 Å². The Morgan fingerprint density at radius 2 is 2.11 bits per heavy atom. The molecule has 4 N–H and O–H groups in total. The molecule has 1 aliphatic rings. The van der Waals surface area contributed by atoms with Crippen LogP contribution in [0.15, 0.2) is 47.7 Å². The largest absolute Gasteiger partial charge is 0.382 e. The van der Waals surface area contributed by atoms with Crippen molar-refractivity contribution in [2.75, 3.05) is 23.8 Å². The van der Waals surface area contributed by atoms with Gasteiger partial charge in [-0.3, -0.25) is 14.5 Å². The first kappa shape index (κ1) is 21.3. The molecule has 1 fully saturated rings. The second-order valence-electron chi connectivity index (χ2n) is 7.81. The number of amides is 1. The number of carbonyl (C=O) groups is 1. The Bertz CT molecular complexity index is 1630. The summed E-state index contributed by atoms with van der Waals surface area (Å²) >= 11 is 1.10. The Kier molecular flexibility index (Phi) is 4.98. The number of anilines is 2. The third-order valence-electron chi connectivity index (χ3n) is 5.74. The Hall–Kier alpha value is -4.27. The average molecular weight is 491 g/mol. The summed E-state index contributed by atoms with van der Waals surface area (Å²) in [6, 6.07) is 6.81. The third kappa shape index (κ3) is 3.51. The number of carbonyl (C=O) groups excluding carboxylic acids is 1. The van der Waals surface area contributed by atoms with Gasteiger partial charge in [0.25, 0.3) is 11.5 Å². The highest BCUT2D eigenvalue weighted by Crippen LogP contribution is 2.30. The molecule has 0 aliphatic carbocycles. The van der Waals surface area contributed by atoms with Crippen molar-refractivity contribution >= 4 is 50.1 Å². The zero-order chi connectivity index (χ0) is 24.1. The van der Waals surface area contributed by atoms with E-state index in [0.717, 1.165) is 11.5 Å². The van der Waals surface area contributed by atoms with E-state index >= 15 is 0 Å². The lowest BCUT2D eigenvalue weighted by Crippen LogP contribution is -2.50. The number of rotatable bonds is 4. The fourth-order valence-corrected chi connectivity index (χ4v) is 4.88. The number of aliphatic hydroxyl groups is 1. The monoisotopic (exact) mass is 491 g/mol. The summed E-state index contributed by atoms with van der Waals surface area (Å²) in [7, 11) is 0. The molecular weight excluding hydrogens is 474 g/mol. The molecule has 0 spiro atoms. The number of aromatic nitrogens is 7. The van der Waals surface area contributed by atoms with Crippen LogP contribution < -0.4 is 16.2 Å². The zero-order valence-corrected chi connectivity index (χ0v) is 18.7. The predicted octanol–water partition coefficient (Wildman–Crippen LogP) is 0.556. The second-order valence-corrected chi connectivity index (χ2v) is 8.58. The molecule has 5 heterocycles. The molecule has 1 amide bonds. The van der Waals surface area contributed by atoms with E-state index in [1.54, 1.807) is 41.3 Å². The van der Waals surface area contributed by atoms with Crippen molar-refractivity contribution in [1.29, 1.82) is 0 Å². The SMILES string of the molecule is Nc1nsc2c1ccc1[nH]c([C@H](O)C3OCCN(c4ccn(-c5ccnnc5)n4)C3=O)nc(=O)c12. The van der Waals surface area contributed by atoms with Gasteiger partial charge in [-0.25, -0.2) is 4.68 Å². The number of aromatic amines is 1. The maximum absolute atomic E-state index is 13.2. The van der Waals surface area contributed by atoms with Crippen LogP contribution in [0.5, 0.6) is 0 Å². The van der Waals surface area contributed by atoms with E-state index in [2.05, 4.69) is 29.6 Å². The maximum atomic E-state index is 13.2. The number of morpholine rings is 1. The van der Waals surface area contributed by atoms with E-state index in [1.807, 2.05) is 0 Å². The van der Waals surface area contributed by atoms with Crippen LogP contribution in [0.4, 0.5) is 11.6 Å². The highest BCUT2D eigenvalue weighted by molar-refractivity contribution is 7.14. The van der Waals surface area contributed by atoms with Gasteiger partial charge in [-0.1, -0.05) is 0 Å². The fourth-order valence-electron chi connectivity index (χ4n) is 4.04. The standard InChI is InChI=1S/C21H17N9O4S/c22-18-11-1-2-12-14(17(11)35-28-18)20(32)26-19(25-12)15(31)16-21(33)29(7-8-34-16)13-4-6-30(27-13)10-3-5-23-24-9-10/h1-6,9,15-16,31H,7-8H2,(H2,22,28)(H,25,26,32)/t15-,16?/m1/s1. The average Bonchev–Trinajstić information content (AvgIpc) is 3.51. The van der Waals surface area contributed by atoms with Gasteiger partial charge in [0.2, 0.25) is 0 Å². The Balaban J connectivity index is 1.31. The van der Waals surface area contributed by atoms with Crippen molar-refractivity contribution in [1.82, 2.24) is 34.3 Å². The van der Waals surface area contributed by atoms with E-state index < -0.39 is 23.7 Å². The van der Waals surface area contributed by atoms with Gasteiger partial charge in [0.05, 0.1) is 46.8 Å². The highest BCUT2D eigenvalue weighted by atomic mass is 32.1. The normalized spacial score (nSPS) is 17.3. The van der Waals surface area contributed by atoms with Gasteiger partial charge in [-0.2, -0.15) is 19.6 Å². The number of fused-ring (bicyclic) bond motifs is 3. The summed E-state index contributed by atoms with van der Waals surface area (Å²) < 4.78 is 11.9. The van der Waals surface area contributed by atoms with Crippen molar-refractivity contribution in [3.8, 4) is 5.69 Å². The summed E-state index contributed by atoms with van der Waals surface area (Å²) in [5, 5.41) is 24.0. The summed E-state index contributed by atoms with van der Waals surface area (Å²) in [6.45, 7) is 0.413. The van der Waals surface area contributed by atoms with E-state index in [0.29, 0.717) is 38.3 Å². The van der Waals surface area contributed by atoms with Gasteiger partial charge in [0.15, 0.2) is 11.9 Å². The van der Waals surface area contributed by atoms with Crippen molar-refractivity contribution in [3.05, 3.63) is 59.0 Å². The lowest BCUT2D eigenvalue weighted by Gasteiger charge is -2.32. The van der Waals surface area contributed by atoms with Gasteiger partial charge >= 0.3 is 0 Å². The molecule has 176 valence electrons. The number of ether oxygens (including phenoxy) is 1. The molecule has 13 nitrogen and oxygen atoms in total. The number of hydrogen-bond acceptors (Lipinski definition) is 11. The number of nitrogens with one attached hydrogen (secondary N) is 1. The maximum Gasteiger partial charge on any atom is 0.282 e. The quantitative estimate of drug-likeness (QED) is 0.322. The number of nitrogens with two attached hydrogens (primary N) is 1.